The zero-order valence-electron chi connectivity index (χ0n) is 14.6. The van der Waals surface area contributed by atoms with Gasteiger partial charge in [0.15, 0.2) is 0 Å². The van der Waals surface area contributed by atoms with E-state index in [1.807, 2.05) is 42.5 Å². The van der Waals surface area contributed by atoms with Gasteiger partial charge >= 0.3 is 0 Å². The lowest BCUT2D eigenvalue weighted by Crippen LogP contribution is -2.13. The molecule has 0 bridgehead atoms. The lowest BCUT2D eigenvalue weighted by atomic mass is 10.1. The van der Waals surface area contributed by atoms with Crippen molar-refractivity contribution in [2.45, 2.75) is 13.3 Å². The minimum atomic E-state index is -0.418. The molecule has 26 heavy (non-hydrogen) atoms. The molecule has 0 fully saturated rings. The summed E-state index contributed by atoms with van der Waals surface area (Å²) >= 11 is 0. The van der Waals surface area contributed by atoms with Crippen molar-refractivity contribution >= 4 is 17.3 Å². The highest BCUT2D eigenvalue weighted by Gasteiger charge is 2.10. The molecule has 4 heteroatoms. The van der Waals surface area contributed by atoms with Crippen LogP contribution in [-0.2, 0) is 6.42 Å². The Bertz CT molecular complexity index is 876. The maximum absolute atomic E-state index is 13.4. The van der Waals surface area contributed by atoms with Crippen LogP contribution < -0.4 is 10.6 Å². The van der Waals surface area contributed by atoms with Gasteiger partial charge in [0, 0.05) is 23.5 Å². The lowest BCUT2D eigenvalue weighted by Gasteiger charge is -2.10. The molecule has 132 valence electrons. The second kappa shape index (κ2) is 8.30. The Labute approximate surface area is 152 Å². The first-order valence-electron chi connectivity index (χ1n) is 8.57. The maximum atomic E-state index is 13.4. The summed E-state index contributed by atoms with van der Waals surface area (Å²) in [6, 6.07) is 22.0. The number of aryl methyl sites for hydroxylation is 1. The number of anilines is 2. The monoisotopic (exact) mass is 348 g/mol. The molecular formula is C22H21FN2O. The molecule has 3 nitrogen and oxygen atoms in total. The first-order valence-corrected chi connectivity index (χ1v) is 8.57. The van der Waals surface area contributed by atoms with Crippen molar-refractivity contribution in [2.24, 2.45) is 0 Å². The molecular weight excluding hydrogens is 327 g/mol. The molecule has 0 atom stereocenters. The van der Waals surface area contributed by atoms with Crippen molar-refractivity contribution in [3.8, 4) is 0 Å². The molecule has 0 aliphatic heterocycles. The van der Waals surface area contributed by atoms with Gasteiger partial charge in [0.05, 0.1) is 0 Å². The van der Waals surface area contributed by atoms with Gasteiger partial charge in [-0.15, -0.1) is 0 Å². The van der Waals surface area contributed by atoms with Gasteiger partial charge in [0.25, 0.3) is 5.91 Å². The van der Waals surface area contributed by atoms with Crippen LogP contribution in [0.15, 0.2) is 72.8 Å². The van der Waals surface area contributed by atoms with E-state index in [0.717, 1.165) is 24.2 Å². The van der Waals surface area contributed by atoms with Crippen LogP contribution in [0, 0.1) is 12.7 Å². The summed E-state index contributed by atoms with van der Waals surface area (Å²) in [6.07, 6.45) is 0.943. The quantitative estimate of drug-likeness (QED) is 0.655. The van der Waals surface area contributed by atoms with E-state index < -0.39 is 5.82 Å². The van der Waals surface area contributed by atoms with Crippen LogP contribution in [0.3, 0.4) is 0 Å². The fourth-order valence-electron chi connectivity index (χ4n) is 2.70. The molecule has 0 saturated heterocycles. The average Bonchev–Trinajstić information content (AvgIpc) is 2.66. The first kappa shape index (κ1) is 17.7. The minimum Gasteiger partial charge on any atom is -0.385 e. The minimum absolute atomic E-state index is 0.313. The fourth-order valence-corrected chi connectivity index (χ4v) is 2.70. The molecule has 0 spiro atoms. The molecule has 0 aliphatic carbocycles. The number of hydrogen-bond donors (Lipinski definition) is 2. The number of rotatable bonds is 6. The van der Waals surface area contributed by atoms with Gasteiger partial charge in [0.2, 0.25) is 0 Å². The van der Waals surface area contributed by atoms with Crippen LogP contribution in [0.25, 0.3) is 0 Å². The Hall–Kier alpha value is -3.14. The van der Waals surface area contributed by atoms with Crippen molar-refractivity contribution in [3.63, 3.8) is 0 Å². The average molecular weight is 348 g/mol. The smallest absolute Gasteiger partial charge is 0.256 e. The fraction of sp³-hybridized carbons (Fsp3) is 0.136. The normalized spacial score (nSPS) is 10.4. The summed E-state index contributed by atoms with van der Waals surface area (Å²) in [4.78, 5) is 12.3. The Kier molecular flexibility index (Phi) is 5.64. The second-order valence-electron chi connectivity index (χ2n) is 6.15. The summed E-state index contributed by atoms with van der Waals surface area (Å²) in [7, 11) is 0. The van der Waals surface area contributed by atoms with Crippen molar-refractivity contribution in [3.05, 3.63) is 95.3 Å². The van der Waals surface area contributed by atoms with Crippen LogP contribution in [0.5, 0.6) is 0 Å². The predicted molar refractivity (Wildman–Crippen MR) is 104 cm³/mol. The third-order valence-corrected chi connectivity index (χ3v) is 4.17. The zero-order chi connectivity index (χ0) is 18.4. The van der Waals surface area contributed by atoms with Crippen LogP contribution in [0.2, 0.25) is 0 Å². The summed E-state index contributed by atoms with van der Waals surface area (Å²) in [6.45, 7) is 2.62. The topological polar surface area (TPSA) is 41.1 Å². The van der Waals surface area contributed by atoms with Crippen LogP contribution in [-0.4, -0.2) is 12.5 Å². The number of hydrogen-bond acceptors (Lipinski definition) is 2. The van der Waals surface area contributed by atoms with E-state index in [4.69, 9.17) is 0 Å². The van der Waals surface area contributed by atoms with Crippen molar-refractivity contribution in [1.82, 2.24) is 0 Å². The Morgan fingerprint density at radius 2 is 1.62 bits per heavy atom. The molecule has 0 unspecified atom stereocenters. The van der Waals surface area contributed by atoms with E-state index in [9.17, 15) is 9.18 Å². The van der Waals surface area contributed by atoms with E-state index in [0.29, 0.717) is 11.3 Å². The van der Waals surface area contributed by atoms with E-state index in [2.05, 4.69) is 22.8 Å². The number of amides is 1. The van der Waals surface area contributed by atoms with E-state index in [1.54, 1.807) is 13.0 Å². The Morgan fingerprint density at radius 3 is 2.35 bits per heavy atom. The second-order valence-corrected chi connectivity index (χ2v) is 6.15. The first-order chi connectivity index (χ1) is 12.6. The van der Waals surface area contributed by atoms with Gasteiger partial charge in [0.1, 0.15) is 5.82 Å². The highest BCUT2D eigenvalue weighted by Crippen LogP contribution is 2.17. The molecule has 0 saturated carbocycles. The number of nitrogens with one attached hydrogen (secondary N) is 2. The molecule has 0 radical (unpaired) electrons. The number of benzene rings is 3. The van der Waals surface area contributed by atoms with E-state index >= 15 is 0 Å². The molecule has 3 aromatic rings. The SMILES string of the molecule is Cc1ccc(F)cc1C(=O)Nc1ccc(NCCc2ccccc2)cc1. The molecule has 2 N–H and O–H groups in total. The molecule has 0 heterocycles. The molecule has 3 rings (SSSR count). The standard InChI is InChI=1S/C22H21FN2O/c1-16-7-8-18(23)15-21(16)22(26)25-20-11-9-19(10-12-20)24-14-13-17-5-3-2-4-6-17/h2-12,15,24H,13-14H2,1H3,(H,25,26). The van der Waals surface area contributed by atoms with Gasteiger partial charge in [-0.25, -0.2) is 4.39 Å². The summed E-state index contributed by atoms with van der Waals surface area (Å²) in [5, 5.41) is 6.16. The highest BCUT2D eigenvalue weighted by atomic mass is 19.1. The van der Waals surface area contributed by atoms with E-state index in [1.165, 1.54) is 17.7 Å². The van der Waals surface area contributed by atoms with Crippen molar-refractivity contribution in [1.29, 1.82) is 0 Å². The lowest BCUT2D eigenvalue weighted by molar-refractivity contribution is 0.102. The maximum Gasteiger partial charge on any atom is 0.256 e. The van der Waals surface area contributed by atoms with Gasteiger partial charge in [-0.1, -0.05) is 36.4 Å². The molecule has 3 aromatic carbocycles. The zero-order valence-corrected chi connectivity index (χ0v) is 14.6. The molecule has 1 amide bonds. The van der Waals surface area contributed by atoms with Gasteiger partial charge in [-0.05, 0) is 60.9 Å². The highest BCUT2D eigenvalue weighted by molar-refractivity contribution is 6.05. The van der Waals surface area contributed by atoms with Gasteiger partial charge < -0.3 is 10.6 Å². The number of carbonyl (C=O) groups is 1. The Morgan fingerprint density at radius 1 is 0.923 bits per heavy atom. The third-order valence-electron chi connectivity index (χ3n) is 4.17. The van der Waals surface area contributed by atoms with Gasteiger partial charge in [-0.3, -0.25) is 4.79 Å². The molecule has 0 aliphatic rings. The number of halogens is 1. The third kappa shape index (κ3) is 4.70. The number of carbonyl (C=O) groups excluding carboxylic acids is 1. The molecule has 0 aromatic heterocycles. The van der Waals surface area contributed by atoms with Crippen LogP contribution >= 0.6 is 0 Å². The van der Waals surface area contributed by atoms with Crippen LogP contribution in [0.4, 0.5) is 15.8 Å². The summed E-state index contributed by atoms with van der Waals surface area (Å²) < 4.78 is 13.4. The van der Waals surface area contributed by atoms with Crippen molar-refractivity contribution < 1.29 is 9.18 Å². The predicted octanol–water partition coefficient (Wildman–Crippen LogP) is 5.04. The largest absolute Gasteiger partial charge is 0.385 e. The van der Waals surface area contributed by atoms with Crippen molar-refractivity contribution in [2.75, 3.05) is 17.2 Å². The van der Waals surface area contributed by atoms with Crippen LogP contribution in [0.1, 0.15) is 21.5 Å². The van der Waals surface area contributed by atoms with Gasteiger partial charge in [-0.2, -0.15) is 0 Å². The summed E-state index contributed by atoms with van der Waals surface area (Å²) in [5.41, 5.74) is 4.03. The van der Waals surface area contributed by atoms with E-state index in [-0.39, 0.29) is 5.91 Å². The summed E-state index contributed by atoms with van der Waals surface area (Å²) in [5.74, 6) is -0.731. The Balaban J connectivity index is 1.55.